The van der Waals surface area contributed by atoms with E-state index in [-0.39, 0.29) is 11.1 Å². The number of aliphatic imine (C=N–C) groups is 2. The Morgan fingerprint density at radius 2 is 1.70 bits per heavy atom. The van der Waals surface area contributed by atoms with Crippen molar-refractivity contribution in [2.24, 2.45) is 9.98 Å². The second-order valence-corrected chi connectivity index (χ2v) is 10.5. The minimum atomic E-state index is -0.512. The molecule has 0 aliphatic carbocycles. The Hall–Kier alpha value is -5.28. The summed E-state index contributed by atoms with van der Waals surface area (Å²) in [5, 5.41) is 8.25. The van der Waals surface area contributed by atoms with Gasteiger partial charge >= 0.3 is 5.97 Å². The van der Waals surface area contributed by atoms with Crippen molar-refractivity contribution in [3.63, 3.8) is 0 Å². The third-order valence-electron chi connectivity index (χ3n) is 7.47. The molecule has 1 atom stereocenters. The number of halogens is 2. The second kappa shape index (κ2) is 10.5. The number of hydrogen-bond acceptors (Lipinski definition) is 7. The lowest BCUT2D eigenvalue weighted by molar-refractivity contribution is 0.0600. The van der Waals surface area contributed by atoms with Crippen molar-refractivity contribution in [2.75, 3.05) is 17.3 Å². The van der Waals surface area contributed by atoms with E-state index in [0.29, 0.717) is 28.7 Å². The van der Waals surface area contributed by atoms with Crippen LogP contribution in [-0.4, -0.2) is 34.5 Å². The lowest BCUT2D eigenvalue weighted by Crippen LogP contribution is -2.46. The standard InChI is InChI=1S/C33H24ClFN6O2/c1-19-28-29(20-12-14-21(15-13-20)33(42)43-2)40-27-11-7-6-10-26(27)37-30(36-22-16-17-25(35)24(34)18-22)32(40)38-31(28)41(39-19)23-8-4-3-5-9-23/h3-18,29H,1-2H3,(H,36,37). The molecule has 0 amide bonds. The molecule has 3 heterocycles. The minimum absolute atomic E-state index is 0.00659. The number of methoxy groups -OCH3 is 1. The fourth-order valence-electron chi connectivity index (χ4n) is 5.49. The summed E-state index contributed by atoms with van der Waals surface area (Å²) in [4.78, 5) is 24.5. The summed E-state index contributed by atoms with van der Waals surface area (Å²) in [6.45, 7) is 1.97. The van der Waals surface area contributed by atoms with Gasteiger partial charge in [0, 0.05) is 11.3 Å². The molecule has 8 nitrogen and oxygen atoms in total. The molecule has 2 aliphatic heterocycles. The van der Waals surface area contributed by atoms with Crippen molar-refractivity contribution < 1.29 is 13.9 Å². The number of fused-ring (bicyclic) bond motifs is 4. The van der Waals surface area contributed by atoms with E-state index in [1.165, 1.54) is 19.2 Å². The predicted octanol–water partition coefficient (Wildman–Crippen LogP) is 7.56. The van der Waals surface area contributed by atoms with Crippen LogP contribution in [0.3, 0.4) is 0 Å². The van der Waals surface area contributed by atoms with Gasteiger partial charge in [0.15, 0.2) is 17.5 Å². The molecule has 0 bridgehead atoms. The summed E-state index contributed by atoms with van der Waals surface area (Å²) >= 11 is 6.12. The Balaban J connectivity index is 1.47. The third kappa shape index (κ3) is 4.54. The summed E-state index contributed by atoms with van der Waals surface area (Å²) in [5.41, 5.74) is 6.08. The molecule has 10 heteroatoms. The highest BCUT2D eigenvalue weighted by atomic mass is 35.5. The maximum atomic E-state index is 14.0. The molecule has 43 heavy (non-hydrogen) atoms. The number of hydrogen-bond donors (Lipinski definition) is 1. The highest BCUT2D eigenvalue weighted by Gasteiger charge is 2.41. The fourth-order valence-corrected chi connectivity index (χ4v) is 5.67. The molecule has 1 aromatic heterocycles. The summed E-state index contributed by atoms with van der Waals surface area (Å²) in [6, 6.07) is 29.0. The number of aryl methyl sites for hydroxylation is 1. The number of esters is 1. The average molecular weight is 591 g/mol. The maximum Gasteiger partial charge on any atom is 0.337 e. The molecule has 7 rings (SSSR count). The van der Waals surface area contributed by atoms with E-state index in [2.05, 4.69) is 10.2 Å². The number of benzene rings is 4. The molecule has 0 saturated heterocycles. The number of nitrogens with zero attached hydrogens (tertiary/aromatic N) is 5. The molecule has 5 aromatic rings. The zero-order valence-electron chi connectivity index (χ0n) is 23.1. The number of carbonyl (C=O) groups is 1. The summed E-state index contributed by atoms with van der Waals surface area (Å²) in [5.74, 6) is 0.740. The van der Waals surface area contributed by atoms with Gasteiger partial charge < -0.3 is 15.0 Å². The normalized spacial score (nSPS) is 15.1. The number of amidine groups is 2. The molecule has 0 saturated carbocycles. The van der Waals surface area contributed by atoms with Crippen LogP contribution in [0.25, 0.3) is 5.69 Å². The van der Waals surface area contributed by atoms with E-state index in [4.69, 9.17) is 31.4 Å². The number of nitrogens with one attached hydrogen (secondary N) is 1. The highest BCUT2D eigenvalue weighted by Crippen LogP contribution is 2.48. The van der Waals surface area contributed by atoms with Crippen LogP contribution < -0.4 is 10.2 Å². The number of para-hydroxylation sites is 3. The van der Waals surface area contributed by atoms with Crippen molar-refractivity contribution in [1.82, 2.24) is 9.78 Å². The molecule has 4 aromatic carbocycles. The molecular formula is C33H24ClFN6O2. The monoisotopic (exact) mass is 590 g/mol. The van der Waals surface area contributed by atoms with Crippen molar-refractivity contribution in [1.29, 1.82) is 0 Å². The number of carbonyl (C=O) groups excluding carboxylic acids is 1. The summed E-state index contributed by atoms with van der Waals surface area (Å²) < 4.78 is 20.8. The van der Waals surface area contributed by atoms with Gasteiger partial charge in [0.2, 0.25) is 0 Å². The summed E-state index contributed by atoms with van der Waals surface area (Å²) in [6.07, 6.45) is 0. The Bertz CT molecular complexity index is 1950. The van der Waals surface area contributed by atoms with Crippen molar-refractivity contribution in [3.8, 4) is 5.69 Å². The first kappa shape index (κ1) is 26.6. The fraction of sp³-hybridized carbons (Fsp3) is 0.0909. The Labute approximate surface area is 251 Å². The van der Waals surface area contributed by atoms with Crippen LogP contribution in [-0.2, 0) is 4.74 Å². The van der Waals surface area contributed by atoms with Crippen LogP contribution >= 0.6 is 11.6 Å². The van der Waals surface area contributed by atoms with Gasteiger partial charge in [0.05, 0.1) is 46.5 Å². The van der Waals surface area contributed by atoms with Gasteiger partial charge in [-0.2, -0.15) is 5.10 Å². The molecule has 0 radical (unpaired) electrons. The van der Waals surface area contributed by atoms with Gasteiger partial charge in [-0.1, -0.05) is 54.1 Å². The number of aromatic nitrogens is 2. The maximum absolute atomic E-state index is 14.0. The lowest BCUT2D eigenvalue weighted by Gasteiger charge is -2.40. The van der Waals surface area contributed by atoms with Crippen molar-refractivity contribution >= 4 is 52.1 Å². The molecule has 0 spiro atoms. The quantitative estimate of drug-likeness (QED) is 0.218. The third-order valence-corrected chi connectivity index (χ3v) is 7.76. The zero-order valence-corrected chi connectivity index (χ0v) is 23.9. The molecule has 2 aliphatic rings. The van der Waals surface area contributed by atoms with Gasteiger partial charge in [0.1, 0.15) is 5.82 Å². The Kier molecular flexibility index (Phi) is 6.51. The van der Waals surface area contributed by atoms with E-state index < -0.39 is 11.8 Å². The van der Waals surface area contributed by atoms with Gasteiger partial charge in [-0.3, -0.25) is 0 Å². The van der Waals surface area contributed by atoms with Crippen LogP contribution in [0, 0.1) is 12.7 Å². The first-order chi connectivity index (χ1) is 20.9. The van der Waals surface area contributed by atoms with E-state index >= 15 is 0 Å². The zero-order chi connectivity index (χ0) is 29.7. The minimum Gasteiger partial charge on any atom is -0.465 e. The van der Waals surface area contributed by atoms with E-state index in [1.807, 2.05) is 78.3 Å². The van der Waals surface area contributed by atoms with Crippen molar-refractivity contribution in [3.05, 3.63) is 130 Å². The van der Waals surface area contributed by atoms with E-state index in [9.17, 15) is 9.18 Å². The average Bonchev–Trinajstić information content (AvgIpc) is 3.37. The van der Waals surface area contributed by atoms with Gasteiger partial charge in [0.25, 0.3) is 0 Å². The molecular weight excluding hydrogens is 567 g/mol. The van der Waals surface area contributed by atoms with Crippen LogP contribution in [0.1, 0.15) is 33.2 Å². The molecule has 1 N–H and O–H groups in total. The number of rotatable bonds is 4. The highest BCUT2D eigenvalue weighted by molar-refractivity contribution is 6.51. The lowest BCUT2D eigenvalue weighted by atomic mass is 9.92. The topological polar surface area (TPSA) is 84.1 Å². The van der Waals surface area contributed by atoms with E-state index in [0.717, 1.165) is 33.9 Å². The van der Waals surface area contributed by atoms with Crippen molar-refractivity contribution in [2.45, 2.75) is 13.0 Å². The molecule has 1 unspecified atom stereocenters. The SMILES string of the molecule is COC(=O)c1ccc(C2c3c(C)nn(-c4ccccc4)c3N=C3C(Nc4ccc(F)c(Cl)c4)=Nc4ccccc4N32)cc1. The second-order valence-electron chi connectivity index (χ2n) is 10.1. The Morgan fingerprint density at radius 3 is 2.44 bits per heavy atom. The largest absolute Gasteiger partial charge is 0.465 e. The van der Waals surface area contributed by atoms with Crippen LogP contribution in [0.2, 0.25) is 5.02 Å². The summed E-state index contributed by atoms with van der Waals surface area (Å²) in [7, 11) is 1.36. The Morgan fingerprint density at radius 1 is 0.953 bits per heavy atom. The predicted molar refractivity (Wildman–Crippen MR) is 166 cm³/mol. The smallest absolute Gasteiger partial charge is 0.337 e. The van der Waals surface area contributed by atoms with E-state index in [1.54, 1.807) is 18.2 Å². The first-order valence-corrected chi connectivity index (χ1v) is 13.9. The molecule has 0 fully saturated rings. The number of ether oxygens (including phenoxy) is 1. The first-order valence-electron chi connectivity index (χ1n) is 13.5. The van der Waals surface area contributed by atoms with Crippen LogP contribution in [0.15, 0.2) is 107 Å². The number of anilines is 2. The van der Waals surface area contributed by atoms with Crippen LogP contribution in [0.5, 0.6) is 0 Å². The van der Waals surface area contributed by atoms with Crippen LogP contribution in [0.4, 0.5) is 27.3 Å². The van der Waals surface area contributed by atoms with Gasteiger partial charge in [-0.05, 0) is 67.1 Å². The van der Waals surface area contributed by atoms with Gasteiger partial charge in [-0.25, -0.2) is 23.9 Å². The molecule has 212 valence electrons. The van der Waals surface area contributed by atoms with Gasteiger partial charge in [-0.15, -0.1) is 0 Å².